The van der Waals surface area contributed by atoms with E-state index in [-0.39, 0.29) is 17.2 Å². The number of rotatable bonds is 4. The summed E-state index contributed by atoms with van der Waals surface area (Å²) in [5.74, 6) is 0.275. The van der Waals surface area contributed by atoms with Crippen LogP contribution in [0, 0.1) is 19.3 Å². The molecule has 2 amide bonds. The van der Waals surface area contributed by atoms with E-state index in [1.54, 1.807) is 12.5 Å². The number of nitrogens with one attached hydrogen (secondary N) is 1. The van der Waals surface area contributed by atoms with E-state index in [1.807, 2.05) is 26.0 Å². The van der Waals surface area contributed by atoms with Crippen molar-refractivity contribution in [1.82, 2.24) is 25.2 Å². The maximum Gasteiger partial charge on any atom is 0.264 e. The second kappa shape index (κ2) is 7.81. The Labute approximate surface area is 170 Å². The van der Waals surface area contributed by atoms with Crippen molar-refractivity contribution < 1.29 is 9.59 Å². The zero-order valence-corrected chi connectivity index (χ0v) is 17.0. The summed E-state index contributed by atoms with van der Waals surface area (Å²) in [6.45, 7) is 4.69. The molecule has 2 fully saturated rings. The number of benzene rings is 1. The first-order valence-corrected chi connectivity index (χ1v) is 10.2. The van der Waals surface area contributed by atoms with E-state index in [9.17, 15) is 9.59 Å². The third kappa shape index (κ3) is 4.39. The fourth-order valence-corrected chi connectivity index (χ4v) is 4.53. The Bertz CT molecular complexity index is 936. The molecule has 1 N–H and O–H groups in total. The Morgan fingerprint density at radius 3 is 2.59 bits per heavy atom. The van der Waals surface area contributed by atoms with Gasteiger partial charge in [-0.2, -0.15) is 0 Å². The van der Waals surface area contributed by atoms with Gasteiger partial charge in [0.15, 0.2) is 5.82 Å². The van der Waals surface area contributed by atoms with Crippen molar-refractivity contribution in [2.75, 3.05) is 6.54 Å². The number of hydrogen-bond donors (Lipinski definition) is 1. The van der Waals surface area contributed by atoms with Crippen molar-refractivity contribution in [3.8, 4) is 11.4 Å². The third-order valence-electron chi connectivity index (χ3n) is 5.85. The normalized spacial score (nSPS) is 18.7. The number of aryl methyl sites for hydroxylation is 2. The van der Waals surface area contributed by atoms with E-state index >= 15 is 0 Å². The fraction of sp³-hybridized carbons (Fsp3) is 0.455. The molecule has 152 valence electrons. The number of carbonyl (C=O) groups excluding carboxylic acids is 2. The minimum Gasteiger partial charge on any atom is -0.273 e. The SMILES string of the molecule is Cc1cc(C)cc(-c2ncn(/C=C\C(=O)NN3CC4(CCCCC4)CC3=O)n2)c1. The first-order chi connectivity index (χ1) is 13.9. The second-order valence-electron chi connectivity index (χ2n) is 8.43. The summed E-state index contributed by atoms with van der Waals surface area (Å²) in [5.41, 5.74) is 6.02. The second-order valence-corrected chi connectivity index (χ2v) is 8.43. The number of nitrogens with zero attached hydrogens (tertiary/aromatic N) is 4. The maximum atomic E-state index is 12.3. The monoisotopic (exact) mass is 393 g/mol. The van der Waals surface area contributed by atoms with Crippen LogP contribution in [-0.2, 0) is 9.59 Å². The summed E-state index contributed by atoms with van der Waals surface area (Å²) in [7, 11) is 0. The van der Waals surface area contributed by atoms with Gasteiger partial charge in [-0.3, -0.25) is 20.0 Å². The molecule has 7 nitrogen and oxygen atoms in total. The number of hydrogen-bond acceptors (Lipinski definition) is 4. The van der Waals surface area contributed by atoms with Gasteiger partial charge < -0.3 is 0 Å². The van der Waals surface area contributed by atoms with Gasteiger partial charge in [0.2, 0.25) is 5.91 Å². The molecule has 0 radical (unpaired) electrons. The molecular formula is C22H27N5O2. The molecule has 1 aromatic heterocycles. The van der Waals surface area contributed by atoms with Crippen molar-refractivity contribution in [2.24, 2.45) is 5.41 Å². The highest BCUT2D eigenvalue weighted by Crippen LogP contribution is 2.43. The van der Waals surface area contributed by atoms with Gasteiger partial charge in [-0.05, 0) is 44.2 Å². The van der Waals surface area contributed by atoms with Gasteiger partial charge in [0.05, 0.1) is 0 Å². The quantitative estimate of drug-likeness (QED) is 0.809. The summed E-state index contributed by atoms with van der Waals surface area (Å²) >= 11 is 0. The molecule has 1 saturated carbocycles. The van der Waals surface area contributed by atoms with Crippen LogP contribution in [0.1, 0.15) is 49.7 Å². The standard InChI is InChI=1S/C22H27N5O2/c1-16-10-17(2)12-18(11-16)21-23-15-26(25-21)9-6-19(28)24-27-14-22(13-20(27)29)7-4-3-5-8-22/h6,9-12,15H,3-5,7-8,13-14H2,1-2H3,(H,24,28)/b9-6-. The van der Waals surface area contributed by atoms with Crippen molar-refractivity contribution in [3.05, 3.63) is 41.7 Å². The van der Waals surface area contributed by atoms with Gasteiger partial charge in [0.25, 0.3) is 5.91 Å². The Balaban J connectivity index is 1.38. The van der Waals surface area contributed by atoms with E-state index in [0.29, 0.717) is 18.8 Å². The van der Waals surface area contributed by atoms with Gasteiger partial charge in [-0.15, -0.1) is 5.10 Å². The molecule has 0 atom stereocenters. The molecular weight excluding hydrogens is 366 g/mol. The van der Waals surface area contributed by atoms with Crippen LogP contribution in [0.3, 0.4) is 0 Å². The lowest BCUT2D eigenvalue weighted by Gasteiger charge is -2.32. The van der Waals surface area contributed by atoms with Crippen LogP contribution < -0.4 is 5.43 Å². The lowest BCUT2D eigenvalue weighted by Crippen LogP contribution is -2.43. The van der Waals surface area contributed by atoms with Crippen LogP contribution in [0.4, 0.5) is 0 Å². The molecule has 29 heavy (non-hydrogen) atoms. The van der Waals surface area contributed by atoms with Crippen molar-refractivity contribution in [1.29, 1.82) is 0 Å². The van der Waals surface area contributed by atoms with Gasteiger partial charge in [-0.25, -0.2) is 9.67 Å². The van der Waals surface area contributed by atoms with Gasteiger partial charge in [-0.1, -0.05) is 36.5 Å². The molecule has 0 bridgehead atoms. The number of carbonyl (C=O) groups is 2. The molecule has 1 saturated heterocycles. The average Bonchev–Trinajstić information content (AvgIpc) is 3.25. The van der Waals surface area contributed by atoms with Crippen LogP contribution >= 0.6 is 0 Å². The topological polar surface area (TPSA) is 80.1 Å². The van der Waals surface area contributed by atoms with Gasteiger partial charge in [0.1, 0.15) is 6.33 Å². The van der Waals surface area contributed by atoms with Gasteiger partial charge in [0, 0.05) is 30.8 Å². The number of amides is 2. The summed E-state index contributed by atoms with van der Waals surface area (Å²) < 4.78 is 1.50. The first-order valence-electron chi connectivity index (χ1n) is 10.2. The Morgan fingerprint density at radius 2 is 1.86 bits per heavy atom. The van der Waals surface area contributed by atoms with Gasteiger partial charge >= 0.3 is 0 Å². The molecule has 4 rings (SSSR count). The molecule has 2 aliphatic rings. The third-order valence-corrected chi connectivity index (χ3v) is 5.85. The van der Waals surface area contributed by atoms with Crippen LogP contribution in [0.5, 0.6) is 0 Å². The summed E-state index contributed by atoms with van der Waals surface area (Å²) in [6, 6.07) is 6.16. The zero-order valence-electron chi connectivity index (χ0n) is 17.0. The van der Waals surface area contributed by atoms with E-state index < -0.39 is 0 Å². The molecule has 1 aromatic carbocycles. The Morgan fingerprint density at radius 1 is 1.14 bits per heavy atom. The zero-order chi connectivity index (χ0) is 20.4. The molecule has 1 aliphatic carbocycles. The molecule has 2 aromatic rings. The van der Waals surface area contributed by atoms with Crippen LogP contribution in [-0.4, -0.2) is 38.1 Å². The van der Waals surface area contributed by atoms with Crippen molar-refractivity contribution >= 4 is 18.0 Å². The first kappa shape index (κ1) is 19.4. The Hall–Kier alpha value is -2.96. The highest BCUT2D eigenvalue weighted by Gasteiger charge is 2.44. The summed E-state index contributed by atoms with van der Waals surface area (Å²) in [5, 5.41) is 5.89. The van der Waals surface area contributed by atoms with E-state index in [1.165, 1.54) is 35.0 Å². The van der Waals surface area contributed by atoms with Crippen LogP contribution in [0.15, 0.2) is 30.6 Å². The smallest absolute Gasteiger partial charge is 0.264 e. The molecule has 2 heterocycles. The fourth-order valence-electron chi connectivity index (χ4n) is 4.53. The van der Waals surface area contributed by atoms with E-state index in [4.69, 9.17) is 0 Å². The molecule has 0 unspecified atom stereocenters. The van der Waals surface area contributed by atoms with E-state index in [0.717, 1.165) is 29.5 Å². The molecule has 1 spiro atoms. The van der Waals surface area contributed by atoms with E-state index in [2.05, 4.69) is 21.6 Å². The largest absolute Gasteiger partial charge is 0.273 e. The minimum absolute atomic E-state index is 0.00603. The number of aromatic nitrogens is 3. The van der Waals surface area contributed by atoms with Crippen molar-refractivity contribution in [3.63, 3.8) is 0 Å². The lowest BCUT2D eigenvalue weighted by molar-refractivity contribution is -0.136. The number of hydrazine groups is 1. The molecule has 1 aliphatic heterocycles. The predicted molar refractivity (Wildman–Crippen MR) is 110 cm³/mol. The average molecular weight is 393 g/mol. The summed E-state index contributed by atoms with van der Waals surface area (Å²) in [4.78, 5) is 29.0. The maximum absolute atomic E-state index is 12.3. The van der Waals surface area contributed by atoms with Crippen LogP contribution in [0.2, 0.25) is 0 Å². The Kier molecular flexibility index (Phi) is 5.22. The minimum atomic E-state index is -0.338. The summed E-state index contributed by atoms with van der Waals surface area (Å²) in [6.07, 6.45) is 10.8. The molecule has 7 heteroatoms. The highest BCUT2D eigenvalue weighted by molar-refractivity contribution is 5.92. The lowest BCUT2D eigenvalue weighted by atomic mass is 9.73. The highest BCUT2D eigenvalue weighted by atomic mass is 16.2. The van der Waals surface area contributed by atoms with Crippen molar-refractivity contribution in [2.45, 2.75) is 52.4 Å². The predicted octanol–water partition coefficient (Wildman–Crippen LogP) is 3.25. The van der Waals surface area contributed by atoms with Crippen LogP contribution in [0.25, 0.3) is 17.6 Å².